The van der Waals surface area contributed by atoms with Crippen molar-refractivity contribution in [3.05, 3.63) is 33.9 Å². The monoisotopic (exact) mass is 267 g/mol. The molecule has 0 amide bonds. The van der Waals surface area contributed by atoms with Crippen LogP contribution in [0.2, 0.25) is 0 Å². The molecule has 1 fully saturated rings. The molecule has 2 rings (SSSR count). The number of nitrogens with one attached hydrogen (secondary N) is 1. The number of hydrazine groups is 1. The number of nitrogens with two attached hydrogens (primary N) is 1. The molecule has 1 aromatic carbocycles. The van der Waals surface area contributed by atoms with Gasteiger partial charge in [0, 0.05) is 19.3 Å². The summed E-state index contributed by atoms with van der Waals surface area (Å²) in [4.78, 5) is 10.3. The Hall–Kier alpha value is -1.70. The van der Waals surface area contributed by atoms with Gasteiger partial charge in [0.25, 0.3) is 5.69 Å². The Labute approximate surface area is 110 Å². The zero-order chi connectivity index (χ0) is 13.7. The van der Waals surface area contributed by atoms with Gasteiger partial charge in [0.05, 0.1) is 17.6 Å². The lowest BCUT2D eigenvalue weighted by Crippen LogP contribution is -2.23. The van der Waals surface area contributed by atoms with Crippen molar-refractivity contribution in [1.29, 1.82) is 0 Å². The summed E-state index contributed by atoms with van der Waals surface area (Å²) < 4.78 is 11.0. The highest BCUT2D eigenvalue weighted by Crippen LogP contribution is 2.25. The molecule has 1 aromatic rings. The van der Waals surface area contributed by atoms with Crippen molar-refractivity contribution in [3.63, 3.8) is 0 Å². The van der Waals surface area contributed by atoms with E-state index in [4.69, 9.17) is 15.3 Å². The number of nitro benzene ring substituents is 1. The Balaban J connectivity index is 1.98. The fourth-order valence-corrected chi connectivity index (χ4v) is 2.00. The fourth-order valence-electron chi connectivity index (χ4n) is 2.00. The molecule has 0 atom stereocenters. The van der Waals surface area contributed by atoms with E-state index < -0.39 is 4.92 Å². The minimum atomic E-state index is -0.474. The molecule has 0 radical (unpaired) electrons. The molecule has 1 heterocycles. The van der Waals surface area contributed by atoms with E-state index in [0.717, 1.165) is 31.6 Å². The second kappa shape index (κ2) is 6.46. The van der Waals surface area contributed by atoms with Crippen molar-refractivity contribution in [2.45, 2.75) is 25.6 Å². The first-order valence-corrected chi connectivity index (χ1v) is 6.14. The van der Waals surface area contributed by atoms with Gasteiger partial charge in [-0.05, 0) is 30.5 Å². The molecule has 0 spiro atoms. The Morgan fingerprint density at radius 3 is 2.84 bits per heavy atom. The molecule has 0 bridgehead atoms. The molecule has 0 unspecified atom stereocenters. The van der Waals surface area contributed by atoms with Crippen LogP contribution in [0.25, 0.3) is 0 Å². The van der Waals surface area contributed by atoms with Crippen LogP contribution in [-0.2, 0) is 16.1 Å². The standard InChI is InChI=1S/C12H17N3O4/c13-14-11-7-9(1-2-12(11)15(16)17)8-19-10-3-5-18-6-4-10/h1-2,7,10,14H,3-6,8,13H2. The largest absolute Gasteiger partial charge is 0.381 e. The van der Waals surface area contributed by atoms with Crippen molar-refractivity contribution in [1.82, 2.24) is 0 Å². The van der Waals surface area contributed by atoms with Crippen LogP contribution in [0.1, 0.15) is 18.4 Å². The molecule has 0 aromatic heterocycles. The van der Waals surface area contributed by atoms with Crippen LogP contribution in [0.3, 0.4) is 0 Å². The normalized spacial score (nSPS) is 16.3. The van der Waals surface area contributed by atoms with Gasteiger partial charge in [0.2, 0.25) is 0 Å². The Kier molecular flexibility index (Phi) is 4.67. The summed E-state index contributed by atoms with van der Waals surface area (Å²) in [6.07, 6.45) is 1.96. The minimum Gasteiger partial charge on any atom is -0.381 e. The highest BCUT2D eigenvalue weighted by atomic mass is 16.6. The quantitative estimate of drug-likeness (QED) is 0.477. The molecule has 104 valence electrons. The molecule has 0 aliphatic carbocycles. The van der Waals surface area contributed by atoms with Crippen LogP contribution < -0.4 is 11.3 Å². The number of anilines is 1. The maximum atomic E-state index is 10.8. The van der Waals surface area contributed by atoms with E-state index in [-0.39, 0.29) is 17.5 Å². The average Bonchev–Trinajstić information content (AvgIpc) is 2.45. The maximum Gasteiger partial charge on any atom is 0.293 e. The van der Waals surface area contributed by atoms with E-state index in [1.165, 1.54) is 6.07 Å². The fraction of sp³-hybridized carbons (Fsp3) is 0.500. The predicted molar refractivity (Wildman–Crippen MR) is 69.5 cm³/mol. The molecule has 7 nitrogen and oxygen atoms in total. The van der Waals surface area contributed by atoms with Gasteiger partial charge < -0.3 is 14.9 Å². The molecule has 7 heteroatoms. The van der Waals surface area contributed by atoms with Crippen LogP contribution in [0, 0.1) is 10.1 Å². The zero-order valence-electron chi connectivity index (χ0n) is 10.5. The van der Waals surface area contributed by atoms with Crippen LogP contribution in [0.5, 0.6) is 0 Å². The number of nitrogen functional groups attached to an aromatic ring is 1. The van der Waals surface area contributed by atoms with Gasteiger partial charge in [-0.1, -0.05) is 0 Å². The topological polar surface area (TPSA) is 99.7 Å². The number of hydrogen-bond acceptors (Lipinski definition) is 6. The van der Waals surface area contributed by atoms with E-state index in [2.05, 4.69) is 5.43 Å². The summed E-state index contributed by atoms with van der Waals surface area (Å²) in [5.41, 5.74) is 3.44. The molecular formula is C12H17N3O4. The van der Waals surface area contributed by atoms with Crippen molar-refractivity contribution in [3.8, 4) is 0 Å². The number of nitrogens with zero attached hydrogens (tertiary/aromatic N) is 1. The maximum absolute atomic E-state index is 10.8. The van der Waals surface area contributed by atoms with Gasteiger partial charge in [0.15, 0.2) is 0 Å². The number of ether oxygens (including phenoxy) is 2. The first kappa shape index (κ1) is 13.7. The van der Waals surface area contributed by atoms with Crippen molar-refractivity contribution < 1.29 is 14.4 Å². The van der Waals surface area contributed by atoms with E-state index in [9.17, 15) is 10.1 Å². The number of benzene rings is 1. The second-order valence-corrected chi connectivity index (χ2v) is 4.38. The van der Waals surface area contributed by atoms with Gasteiger partial charge in [-0.15, -0.1) is 0 Å². The molecule has 19 heavy (non-hydrogen) atoms. The first-order chi connectivity index (χ1) is 9.20. The number of rotatable bonds is 5. The van der Waals surface area contributed by atoms with Crippen molar-refractivity contribution in [2.24, 2.45) is 5.84 Å². The van der Waals surface area contributed by atoms with Gasteiger partial charge in [-0.2, -0.15) is 0 Å². The van der Waals surface area contributed by atoms with Crippen LogP contribution in [0.4, 0.5) is 11.4 Å². The summed E-state index contributed by atoms with van der Waals surface area (Å²) in [7, 11) is 0. The van der Waals surface area contributed by atoms with Crippen LogP contribution in [-0.4, -0.2) is 24.2 Å². The summed E-state index contributed by atoms with van der Waals surface area (Å²) in [6, 6.07) is 4.74. The summed E-state index contributed by atoms with van der Waals surface area (Å²) >= 11 is 0. The smallest absolute Gasteiger partial charge is 0.293 e. The van der Waals surface area contributed by atoms with Gasteiger partial charge in [0.1, 0.15) is 5.69 Å². The molecular weight excluding hydrogens is 250 g/mol. The van der Waals surface area contributed by atoms with E-state index in [1.54, 1.807) is 12.1 Å². The Morgan fingerprint density at radius 2 is 2.21 bits per heavy atom. The van der Waals surface area contributed by atoms with Crippen LogP contribution >= 0.6 is 0 Å². The van der Waals surface area contributed by atoms with E-state index in [1.807, 2.05) is 0 Å². The predicted octanol–water partition coefficient (Wildman–Crippen LogP) is 1.58. The molecule has 1 saturated heterocycles. The van der Waals surface area contributed by atoms with Gasteiger partial charge in [-0.3, -0.25) is 16.0 Å². The number of nitro groups is 1. The van der Waals surface area contributed by atoms with Crippen LogP contribution in [0.15, 0.2) is 18.2 Å². The van der Waals surface area contributed by atoms with E-state index in [0.29, 0.717) is 6.61 Å². The zero-order valence-corrected chi connectivity index (χ0v) is 10.5. The van der Waals surface area contributed by atoms with Crippen molar-refractivity contribution >= 4 is 11.4 Å². The molecule has 3 N–H and O–H groups in total. The lowest BCUT2D eigenvalue weighted by atomic mass is 10.1. The third-order valence-electron chi connectivity index (χ3n) is 3.07. The third-order valence-corrected chi connectivity index (χ3v) is 3.07. The highest BCUT2D eigenvalue weighted by Gasteiger charge is 2.16. The number of hydrogen-bond donors (Lipinski definition) is 2. The van der Waals surface area contributed by atoms with Crippen molar-refractivity contribution in [2.75, 3.05) is 18.6 Å². The lowest BCUT2D eigenvalue weighted by molar-refractivity contribution is -0.384. The first-order valence-electron chi connectivity index (χ1n) is 6.14. The third kappa shape index (κ3) is 3.63. The summed E-state index contributed by atoms with van der Waals surface area (Å²) in [6.45, 7) is 1.86. The summed E-state index contributed by atoms with van der Waals surface area (Å²) in [5.74, 6) is 5.28. The second-order valence-electron chi connectivity index (χ2n) is 4.38. The van der Waals surface area contributed by atoms with E-state index >= 15 is 0 Å². The Morgan fingerprint density at radius 1 is 1.47 bits per heavy atom. The molecule has 1 aliphatic rings. The molecule has 1 aliphatic heterocycles. The van der Waals surface area contributed by atoms with Gasteiger partial charge in [-0.25, -0.2) is 0 Å². The Bertz CT molecular complexity index is 447. The molecule has 0 saturated carbocycles. The average molecular weight is 267 g/mol. The SMILES string of the molecule is NNc1cc(COC2CCOCC2)ccc1[N+](=O)[O-]. The lowest BCUT2D eigenvalue weighted by Gasteiger charge is -2.22. The summed E-state index contributed by atoms with van der Waals surface area (Å²) in [5, 5.41) is 10.8. The van der Waals surface area contributed by atoms with Gasteiger partial charge >= 0.3 is 0 Å². The highest BCUT2D eigenvalue weighted by molar-refractivity contribution is 5.61. The minimum absolute atomic E-state index is 0.0442.